The molecule has 16 heavy (non-hydrogen) atoms. The van der Waals surface area contributed by atoms with Crippen molar-refractivity contribution in [3.05, 3.63) is 23.2 Å². The maximum atomic E-state index is 6.04. The van der Waals surface area contributed by atoms with Crippen LogP contribution in [0.4, 0.5) is 11.4 Å². The van der Waals surface area contributed by atoms with E-state index in [0.29, 0.717) is 11.1 Å². The molecule has 1 saturated heterocycles. The zero-order valence-electron chi connectivity index (χ0n) is 9.75. The Labute approximate surface area is 102 Å². The highest BCUT2D eigenvalue weighted by Gasteiger charge is 2.22. The van der Waals surface area contributed by atoms with Crippen LogP contribution in [-0.2, 0) is 0 Å². The summed E-state index contributed by atoms with van der Waals surface area (Å²) in [4.78, 5) is 2.44. The molecule has 1 heterocycles. The minimum atomic E-state index is 0.636. The molecule has 0 bridgehead atoms. The Morgan fingerprint density at radius 2 is 2.25 bits per heavy atom. The third-order valence-electron chi connectivity index (χ3n) is 3.40. The van der Waals surface area contributed by atoms with E-state index in [-0.39, 0.29) is 0 Å². The van der Waals surface area contributed by atoms with Gasteiger partial charge < -0.3 is 10.6 Å². The molecule has 1 aliphatic heterocycles. The quantitative estimate of drug-likeness (QED) is 0.797. The molecular weight excluding hydrogens is 220 g/mol. The summed E-state index contributed by atoms with van der Waals surface area (Å²) in [6, 6.07) is 6.45. The zero-order valence-corrected chi connectivity index (χ0v) is 10.5. The van der Waals surface area contributed by atoms with Gasteiger partial charge in [-0.3, -0.25) is 0 Å². The number of anilines is 2. The fourth-order valence-electron chi connectivity index (χ4n) is 2.53. The molecule has 0 spiro atoms. The third-order valence-corrected chi connectivity index (χ3v) is 3.63. The smallest absolute Gasteiger partial charge is 0.0603 e. The van der Waals surface area contributed by atoms with Crippen molar-refractivity contribution in [2.75, 3.05) is 17.2 Å². The number of benzene rings is 1. The summed E-state index contributed by atoms with van der Waals surface area (Å²) in [5, 5.41) is 0.714. The number of nitrogens with zero attached hydrogens (tertiary/aromatic N) is 1. The van der Waals surface area contributed by atoms with Gasteiger partial charge in [0.05, 0.1) is 11.4 Å². The van der Waals surface area contributed by atoms with Crippen molar-refractivity contribution in [1.82, 2.24) is 0 Å². The van der Waals surface area contributed by atoms with Crippen molar-refractivity contribution in [2.45, 2.75) is 38.6 Å². The summed E-state index contributed by atoms with van der Waals surface area (Å²) in [6.07, 6.45) is 5.06. The highest BCUT2D eigenvalue weighted by molar-refractivity contribution is 6.31. The highest BCUT2D eigenvalue weighted by atomic mass is 35.5. The fraction of sp³-hybridized carbons (Fsp3) is 0.538. The number of nitrogen functional groups attached to an aromatic ring is 1. The van der Waals surface area contributed by atoms with Crippen LogP contribution in [0.2, 0.25) is 5.02 Å². The van der Waals surface area contributed by atoms with Crippen molar-refractivity contribution in [3.63, 3.8) is 0 Å². The molecule has 2 rings (SSSR count). The molecule has 1 aliphatic rings. The van der Waals surface area contributed by atoms with Gasteiger partial charge in [-0.25, -0.2) is 0 Å². The molecule has 1 fully saturated rings. The lowest BCUT2D eigenvalue weighted by Gasteiger charge is -2.37. The largest absolute Gasteiger partial charge is 0.397 e. The first kappa shape index (κ1) is 11.6. The van der Waals surface area contributed by atoms with Crippen LogP contribution in [0.25, 0.3) is 0 Å². The average molecular weight is 239 g/mol. The lowest BCUT2D eigenvalue weighted by molar-refractivity contribution is 0.450. The lowest BCUT2D eigenvalue weighted by atomic mass is 9.99. The molecule has 1 aromatic rings. The molecule has 0 saturated carbocycles. The second-order valence-corrected chi connectivity index (χ2v) is 4.89. The Hall–Kier alpha value is -0.890. The first-order valence-corrected chi connectivity index (χ1v) is 6.42. The van der Waals surface area contributed by atoms with Gasteiger partial charge in [0.2, 0.25) is 0 Å². The van der Waals surface area contributed by atoms with Crippen molar-refractivity contribution in [3.8, 4) is 0 Å². The molecule has 2 nitrogen and oxygen atoms in total. The average Bonchev–Trinajstić information content (AvgIpc) is 2.29. The van der Waals surface area contributed by atoms with Gasteiger partial charge in [-0.15, -0.1) is 0 Å². The standard InChI is InChI=1S/C13H19ClN2/c1-2-11-5-3-4-8-16(11)13-7-6-10(14)9-12(13)15/h6-7,9,11H,2-5,8,15H2,1H3/t11-/m1/s1. The van der Waals surface area contributed by atoms with Crippen LogP contribution >= 0.6 is 11.6 Å². The Balaban J connectivity index is 2.27. The van der Waals surface area contributed by atoms with Crippen molar-refractivity contribution >= 4 is 23.0 Å². The number of rotatable bonds is 2. The van der Waals surface area contributed by atoms with E-state index in [1.54, 1.807) is 0 Å². The van der Waals surface area contributed by atoms with E-state index in [9.17, 15) is 0 Å². The SMILES string of the molecule is CC[C@@H]1CCCCN1c1ccc(Cl)cc1N. The molecule has 1 atom stereocenters. The van der Waals surface area contributed by atoms with Crippen LogP contribution in [0, 0.1) is 0 Å². The molecule has 0 amide bonds. The number of hydrogen-bond acceptors (Lipinski definition) is 2. The summed E-state index contributed by atoms with van der Waals surface area (Å²) >= 11 is 5.93. The number of piperidine rings is 1. The second-order valence-electron chi connectivity index (χ2n) is 4.45. The van der Waals surface area contributed by atoms with Crippen LogP contribution in [0.15, 0.2) is 18.2 Å². The normalized spacial score (nSPS) is 21.1. The maximum absolute atomic E-state index is 6.04. The van der Waals surface area contributed by atoms with E-state index in [4.69, 9.17) is 17.3 Å². The molecule has 0 aliphatic carbocycles. The van der Waals surface area contributed by atoms with E-state index < -0.39 is 0 Å². The van der Waals surface area contributed by atoms with E-state index >= 15 is 0 Å². The van der Waals surface area contributed by atoms with E-state index in [0.717, 1.165) is 17.9 Å². The summed E-state index contributed by atoms with van der Waals surface area (Å²) in [6.45, 7) is 3.36. The van der Waals surface area contributed by atoms with Gasteiger partial charge in [0.25, 0.3) is 0 Å². The highest BCUT2D eigenvalue weighted by Crippen LogP contribution is 2.32. The molecule has 0 radical (unpaired) electrons. The Morgan fingerprint density at radius 1 is 1.44 bits per heavy atom. The molecule has 2 N–H and O–H groups in total. The number of nitrogens with two attached hydrogens (primary N) is 1. The number of halogens is 1. The Kier molecular flexibility index (Phi) is 3.59. The van der Waals surface area contributed by atoms with Gasteiger partial charge in [-0.1, -0.05) is 18.5 Å². The van der Waals surface area contributed by atoms with Crippen LogP contribution < -0.4 is 10.6 Å². The van der Waals surface area contributed by atoms with Crippen molar-refractivity contribution in [2.24, 2.45) is 0 Å². The molecular formula is C13H19ClN2. The second kappa shape index (κ2) is 4.96. The summed E-state index contributed by atoms with van der Waals surface area (Å²) in [5.74, 6) is 0. The molecule has 1 aromatic carbocycles. The summed E-state index contributed by atoms with van der Waals surface area (Å²) < 4.78 is 0. The minimum absolute atomic E-state index is 0.636. The molecule has 0 aromatic heterocycles. The predicted molar refractivity (Wildman–Crippen MR) is 71.1 cm³/mol. The van der Waals surface area contributed by atoms with Gasteiger partial charge in [0.1, 0.15) is 0 Å². The molecule has 88 valence electrons. The van der Waals surface area contributed by atoms with Gasteiger partial charge >= 0.3 is 0 Å². The summed E-state index contributed by atoms with van der Waals surface area (Å²) in [5.41, 5.74) is 7.99. The molecule has 3 heteroatoms. The van der Waals surface area contributed by atoms with Gasteiger partial charge in [0.15, 0.2) is 0 Å². The van der Waals surface area contributed by atoms with Crippen LogP contribution in [-0.4, -0.2) is 12.6 Å². The first-order chi connectivity index (χ1) is 7.72. The molecule has 0 unspecified atom stereocenters. The monoisotopic (exact) mass is 238 g/mol. The Morgan fingerprint density at radius 3 is 2.94 bits per heavy atom. The minimum Gasteiger partial charge on any atom is -0.397 e. The van der Waals surface area contributed by atoms with Crippen LogP contribution in [0.1, 0.15) is 32.6 Å². The Bertz CT molecular complexity index is 365. The van der Waals surface area contributed by atoms with Crippen LogP contribution in [0.5, 0.6) is 0 Å². The van der Waals surface area contributed by atoms with E-state index in [2.05, 4.69) is 11.8 Å². The topological polar surface area (TPSA) is 29.3 Å². The zero-order chi connectivity index (χ0) is 11.5. The van der Waals surface area contributed by atoms with Crippen LogP contribution in [0.3, 0.4) is 0 Å². The van der Waals surface area contributed by atoms with Gasteiger partial charge in [0, 0.05) is 17.6 Å². The third kappa shape index (κ3) is 2.27. The van der Waals surface area contributed by atoms with E-state index in [1.807, 2.05) is 18.2 Å². The first-order valence-electron chi connectivity index (χ1n) is 6.04. The van der Waals surface area contributed by atoms with Gasteiger partial charge in [-0.05, 0) is 43.9 Å². The van der Waals surface area contributed by atoms with E-state index in [1.165, 1.54) is 25.7 Å². The summed E-state index contributed by atoms with van der Waals surface area (Å²) in [7, 11) is 0. The van der Waals surface area contributed by atoms with Crippen molar-refractivity contribution in [1.29, 1.82) is 0 Å². The number of hydrogen-bond donors (Lipinski definition) is 1. The van der Waals surface area contributed by atoms with Crippen molar-refractivity contribution < 1.29 is 0 Å². The fourth-order valence-corrected chi connectivity index (χ4v) is 2.71. The lowest BCUT2D eigenvalue weighted by Crippen LogP contribution is -2.39. The van der Waals surface area contributed by atoms with Gasteiger partial charge in [-0.2, -0.15) is 0 Å². The predicted octanol–water partition coefficient (Wildman–Crippen LogP) is 3.69. The maximum Gasteiger partial charge on any atom is 0.0603 e.